The molecule has 1 unspecified atom stereocenters. The molecule has 0 aromatic carbocycles. The number of carboxylic acids is 1. The van der Waals surface area contributed by atoms with Gasteiger partial charge in [-0.2, -0.15) is 0 Å². The normalized spacial score (nSPS) is 19.6. The highest BCUT2D eigenvalue weighted by molar-refractivity contribution is 9.11. The number of carbonyl (C=O) groups is 2. The summed E-state index contributed by atoms with van der Waals surface area (Å²) in [7, 11) is 0. The summed E-state index contributed by atoms with van der Waals surface area (Å²) in [5, 5.41) is 10.9. The van der Waals surface area contributed by atoms with Crippen LogP contribution < -0.4 is 0 Å². The third-order valence-electron chi connectivity index (χ3n) is 2.83. The number of aliphatic carboxylic acids is 1. The molecule has 1 aromatic heterocycles. The van der Waals surface area contributed by atoms with Crippen molar-refractivity contribution in [3.05, 3.63) is 26.9 Å². The maximum atomic E-state index is 11.9. The van der Waals surface area contributed by atoms with Gasteiger partial charge in [0.1, 0.15) is 6.04 Å². The van der Waals surface area contributed by atoms with E-state index >= 15 is 0 Å². The van der Waals surface area contributed by atoms with E-state index in [0.717, 1.165) is 15.8 Å². The van der Waals surface area contributed by atoms with Crippen molar-refractivity contribution in [2.45, 2.75) is 18.9 Å². The molecule has 1 amide bonds. The molecular formula is C12H12BrNO3S. The van der Waals surface area contributed by atoms with Crippen LogP contribution in [0.25, 0.3) is 6.08 Å². The Bertz CT molecular complexity index is 497. The summed E-state index contributed by atoms with van der Waals surface area (Å²) in [4.78, 5) is 24.3. The summed E-state index contributed by atoms with van der Waals surface area (Å²) in [6, 6.07) is 1.24. The minimum Gasteiger partial charge on any atom is -0.480 e. The van der Waals surface area contributed by atoms with Crippen molar-refractivity contribution in [2.75, 3.05) is 6.54 Å². The fraction of sp³-hybridized carbons (Fsp3) is 0.333. The Balaban J connectivity index is 2.03. The van der Waals surface area contributed by atoms with Crippen LogP contribution in [0.15, 0.2) is 21.3 Å². The van der Waals surface area contributed by atoms with Gasteiger partial charge in [-0.05, 0) is 51.9 Å². The summed E-state index contributed by atoms with van der Waals surface area (Å²) in [5.41, 5.74) is 0.936. The lowest BCUT2D eigenvalue weighted by Crippen LogP contribution is -2.39. The van der Waals surface area contributed by atoms with Crippen molar-refractivity contribution in [3.8, 4) is 0 Å². The molecule has 4 nitrogen and oxygen atoms in total. The van der Waals surface area contributed by atoms with Crippen LogP contribution >= 0.6 is 27.3 Å². The highest BCUT2D eigenvalue weighted by Crippen LogP contribution is 2.22. The lowest BCUT2D eigenvalue weighted by molar-refractivity contribution is -0.146. The van der Waals surface area contributed by atoms with Gasteiger partial charge in [-0.15, -0.1) is 11.3 Å². The number of nitrogens with zero attached hydrogens (tertiary/aromatic N) is 1. The van der Waals surface area contributed by atoms with E-state index in [9.17, 15) is 9.59 Å². The number of hydrogen-bond donors (Lipinski definition) is 1. The number of amides is 1. The summed E-state index contributed by atoms with van der Waals surface area (Å²) >= 11 is 4.89. The number of thiophene rings is 1. The SMILES string of the molecule is O=C(O)C1CCCN1C(=O)/C=C/c1csc(Br)c1. The first-order valence-corrected chi connectivity index (χ1v) is 7.20. The molecule has 2 heterocycles. The zero-order chi connectivity index (χ0) is 13.1. The Morgan fingerprint density at radius 3 is 2.94 bits per heavy atom. The standard InChI is InChI=1S/C12H12BrNO3S/c13-10-6-8(7-18-10)3-4-11(15)14-5-1-2-9(14)12(16)17/h3-4,6-7,9H,1-2,5H2,(H,16,17)/b4-3+. The summed E-state index contributed by atoms with van der Waals surface area (Å²) in [6.45, 7) is 0.521. The number of halogens is 1. The lowest BCUT2D eigenvalue weighted by Gasteiger charge is -2.19. The molecule has 6 heteroatoms. The van der Waals surface area contributed by atoms with E-state index in [-0.39, 0.29) is 5.91 Å². The second-order valence-electron chi connectivity index (χ2n) is 4.05. The molecule has 1 N–H and O–H groups in total. The maximum absolute atomic E-state index is 11.9. The molecule has 1 aliphatic rings. The molecule has 0 bridgehead atoms. The van der Waals surface area contributed by atoms with Gasteiger partial charge < -0.3 is 10.0 Å². The van der Waals surface area contributed by atoms with Gasteiger partial charge in [0.2, 0.25) is 5.91 Å². The molecule has 1 atom stereocenters. The average molecular weight is 330 g/mol. The third kappa shape index (κ3) is 3.00. The third-order valence-corrected chi connectivity index (χ3v) is 4.35. The van der Waals surface area contributed by atoms with Gasteiger partial charge in [-0.3, -0.25) is 4.79 Å². The number of hydrogen-bond acceptors (Lipinski definition) is 3. The Morgan fingerprint density at radius 2 is 2.33 bits per heavy atom. The van der Waals surface area contributed by atoms with Crippen molar-refractivity contribution < 1.29 is 14.7 Å². The first-order valence-electron chi connectivity index (χ1n) is 5.53. The van der Waals surface area contributed by atoms with Gasteiger partial charge >= 0.3 is 5.97 Å². The van der Waals surface area contributed by atoms with Crippen molar-refractivity contribution in [3.63, 3.8) is 0 Å². The van der Waals surface area contributed by atoms with E-state index in [0.29, 0.717) is 13.0 Å². The van der Waals surface area contributed by atoms with Crippen LogP contribution in [-0.2, 0) is 9.59 Å². The lowest BCUT2D eigenvalue weighted by atomic mass is 10.2. The van der Waals surface area contributed by atoms with Crippen LogP contribution in [0.5, 0.6) is 0 Å². The minimum absolute atomic E-state index is 0.234. The fourth-order valence-corrected chi connectivity index (χ4v) is 3.11. The Hall–Kier alpha value is -1.14. The molecule has 1 aromatic rings. The van der Waals surface area contributed by atoms with Gasteiger partial charge in [-0.1, -0.05) is 0 Å². The second kappa shape index (κ2) is 5.67. The molecule has 96 valence electrons. The van der Waals surface area contributed by atoms with E-state index in [1.165, 1.54) is 11.0 Å². The van der Waals surface area contributed by atoms with Gasteiger partial charge in [0.05, 0.1) is 3.79 Å². The van der Waals surface area contributed by atoms with E-state index in [2.05, 4.69) is 15.9 Å². The molecule has 18 heavy (non-hydrogen) atoms. The largest absolute Gasteiger partial charge is 0.480 e. The van der Waals surface area contributed by atoms with Crippen LogP contribution in [0.3, 0.4) is 0 Å². The maximum Gasteiger partial charge on any atom is 0.326 e. The summed E-state index contributed by atoms with van der Waals surface area (Å²) in [6.07, 6.45) is 4.44. The van der Waals surface area contributed by atoms with Crippen molar-refractivity contribution in [1.29, 1.82) is 0 Å². The van der Waals surface area contributed by atoms with Crippen molar-refractivity contribution in [1.82, 2.24) is 4.90 Å². The average Bonchev–Trinajstić information content (AvgIpc) is 2.94. The van der Waals surface area contributed by atoms with Crippen molar-refractivity contribution >= 4 is 45.2 Å². The molecule has 2 rings (SSSR count). The molecule has 1 aliphatic heterocycles. The highest BCUT2D eigenvalue weighted by atomic mass is 79.9. The molecule has 1 saturated heterocycles. The quantitative estimate of drug-likeness (QED) is 0.867. The Labute approximate surface area is 117 Å². The second-order valence-corrected chi connectivity index (χ2v) is 6.34. The van der Waals surface area contributed by atoms with Gasteiger partial charge in [0.15, 0.2) is 0 Å². The predicted octanol–water partition coefficient (Wildman–Crippen LogP) is 2.60. The zero-order valence-corrected chi connectivity index (χ0v) is 11.9. The molecular weight excluding hydrogens is 318 g/mol. The van der Waals surface area contributed by atoms with Gasteiger partial charge in [-0.25, -0.2) is 4.79 Å². The first-order chi connectivity index (χ1) is 8.58. The number of rotatable bonds is 3. The first kappa shape index (κ1) is 13.3. The van der Waals surface area contributed by atoms with E-state index in [1.54, 1.807) is 17.4 Å². The zero-order valence-electron chi connectivity index (χ0n) is 9.51. The number of likely N-dealkylation sites (tertiary alicyclic amines) is 1. The Morgan fingerprint density at radius 1 is 1.56 bits per heavy atom. The van der Waals surface area contributed by atoms with Crippen LogP contribution in [-0.4, -0.2) is 34.5 Å². The van der Waals surface area contributed by atoms with E-state index < -0.39 is 12.0 Å². The van der Waals surface area contributed by atoms with Crippen LogP contribution in [0.4, 0.5) is 0 Å². The predicted molar refractivity (Wildman–Crippen MR) is 73.4 cm³/mol. The van der Waals surface area contributed by atoms with Crippen LogP contribution in [0, 0.1) is 0 Å². The number of carboxylic acid groups (broad SMARTS) is 1. The number of carbonyl (C=O) groups excluding carboxylic acids is 1. The van der Waals surface area contributed by atoms with Crippen molar-refractivity contribution in [2.24, 2.45) is 0 Å². The smallest absolute Gasteiger partial charge is 0.326 e. The highest BCUT2D eigenvalue weighted by Gasteiger charge is 2.32. The summed E-state index contributed by atoms with van der Waals surface area (Å²) < 4.78 is 0.999. The molecule has 0 radical (unpaired) electrons. The molecule has 0 spiro atoms. The van der Waals surface area contributed by atoms with Gasteiger partial charge in [0, 0.05) is 12.6 Å². The van der Waals surface area contributed by atoms with E-state index in [1.807, 2.05) is 11.4 Å². The molecule has 1 fully saturated rings. The molecule has 0 aliphatic carbocycles. The fourth-order valence-electron chi connectivity index (χ4n) is 1.96. The van der Waals surface area contributed by atoms with Crippen LogP contribution in [0.1, 0.15) is 18.4 Å². The topological polar surface area (TPSA) is 57.6 Å². The monoisotopic (exact) mass is 329 g/mol. The minimum atomic E-state index is -0.924. The van der Waals surface area contributed by atoms with Crippen LogP contribution in [0.2, 0.25) is 0 Å². The van der Waals surface area contributed by atoms with E-state index in [4.69, 9.17) is 5.11 Å². The van der Waals surface area contributed by atoms with Gasteiger partial charge in [0.25, 0.3) is 0 Å². The molecule has 0 saturated carbocycles. The summed E-state index contributed by atoms with van der Waals surface area (Å²) in [5.74, 6) is -1.16. The Kier molecular flexibility index (Phi) is 4.19.